The van der Waals surface area contributed by atoms with Gasteiger partial charge in [0.15, 0.2) is 17.5 Å². The molecule has 3 aromatic rings. The smallest absolute Gasteiger partial charge is 0.251 e. The van der Waals surface area contributed by atoms with Gasteiger partial charge in [-0.1, -0.05) is 0 Å². The van der Waals surface area contributed by atoms with Crippen LogP contribution < -0.4 is 16.0 Å². The number of anilines is 1. The third kappa shape index (κ3) is 5.31. The minimum absolute atomic E-state index is 0.155. The number of halogens is 3. The molecule has 4 rings (SSSR count). The van der Waals surface area contributed by atoms with Crippen LogP contribution in [0.4, 0.5) is 19.0 Å². The lowest BCUT2D eigenvalue weighted by Crippen LogP contribution is -2.46. The van der Waals surface area contributed by atoms with Gasteiger partial charge in [0.05, 0.1) is 23.5 Å². The van der Waals surface area contributed by atoms with Crippen LogP contribution in [0, 0.1) is 11.6 Å². The van der Waals surface area contributed by atoms with E-state index in [2.05, 4.69) is 25.9 Å². The van der Waals surface area contributed by atoms with Gasteiger partial charge in [-0.05, 0) is 45.4 Å². The zero-order chi connectivity index (χ0) is 24.5. The number of amides is 1. The molecule has 8 nitrogen and oxygen atoms in total. The number of alkyl halides is 1. The van der Waals surface area contributed by atoms with Crippen LogP contribution >= 0.6 is 0 Å². The van der Waals surface area contributed by atoms with E-state index in [1.807, 2.05) is 0 Å². The normalized spacial score (nSPS) is 18.8. The van der Waals surface area contributed by atoms with E-state index < -0.39 is 29.4 Å². The summed E-state index contributed by atoms with van der Waals surface area (Å²) < 4.78 is 44.8. The Balaban J connectivity index is 1.58. The fourth-order valence-electron chi connectivity index (χ4n) is 3.77. The van der Waals surface area contributed by atoms with Crippen molar-refractivity contribution in [1.29, 1.82) is 0 Å². The number of imidazole rings is 1. The molecule has 182 valence electrons. The van der Waals surface area contributed by atoms with Crippen molar-refractivity contribution in [1.82, 2.24) is 25.0 Å². The van der Waals surface area contributed by atoms with Gasteiger partial charge in [0, 0.05) is 30.9 Å². The first-order valence-electron chi connectivity index (χ1n) is 11.1. The highest BCUT2D eigenvalue weighted by molar-refractivity contribution is 5.95. The van der Waals surface area contributed by atoms with Crippen molar-refractivity contribution in [3.63, 3.8) is 0 Å². The summed E-state index contributed by atoms with van der Waals surface area (Å²) in [5.74, 6) is -2.39. The molecule has 4 N–H and O–H groups in total. The molecule has 0 radical (unpaired) electrons. The van der Waals surface area contributed by atoms with Crippen LogP contribution in [0.2, 0.25) is 0 Å². The number of nitrogens with zero attached hydrogens (tertiary/aromatic N) is 3. The molecule has 0 spiro atoms. The van der Waals surface area contributed by atoms with Gasteiger partial charge in [-0.2, -0.15) is 0 Å². The molecule has 4 heterocycles. The van der Waals surface area contributed by atoms with E-state index in [0.29, 0.717) is 43.3 Å². The molecule has 3 aromatic heterocycles. The zero-order valence-electron chi connectivity index (χ0n) is 18.9. The topological polar surface area (TPSA) is 104 Å². The third-order valence-electron chi connectivity index (χ3n) is 5.69. The monoisotopic (exact) mass is 476 g/mol. The van der Waals surface area contributed by atoms with Gasteiger partial charge in [0.1, 0.15) is 17.5 Å². The second kappa shape index (κ2) is 9.59. The van der Waals surface area contributed by atoms with E-state index in [9.17, 15) is 23.1 Å². The van der Waals surface area contributed by atoms with Crippen molar-refractivity contribution < 1.29 is 23.1 Å². The largest absolute Gasteiger partial charge is 0.390 e. The maximum atomic E-state index is 14.7. The average molecular weight is 477 g/mol. The highest BCUT2D eigenvalue weighted by Gasteiger charge is 2.27. The first-order valence-corrected chi connectivity index (χ1v) is 11.1. The Morgan fingerprint density at radius 2 is 2.12 bits per heavy atom. The Labute approximate surface area is 194 Å². The number of carbonyl (C=O) groups excluding carboxylic acids is 1. The quantitative estimate of drug-likeness (QED) is 0.418. The number of hydrogen-bond acceptors (Lipinski definition) is 6. The van der Waals surface area contributed by atoms with E-state index in [1.165, 1.54) is 16.7 Å². The first-order chi connectivity index (χ1) is 16.1. The predicted octanol–water partition coefficient (Wildman–Crippen LogP) is 2.68. The van der Waals surface area contributed by atoms with E-state index in [-0.39, 0.29) is 29.5 Å². The van der Waals surface area contributed by atoms with Gasteiger partial charge in [0.2, 0.25) is 0 Å². The number of piperidine rings is 1. The molecular formula is C23H27F3N6O2. The van der Waals surface area contributed by atoms with Gasteiger partial charge in [-0.25, -0.2) is 23.1 Å². The summed E-state index contributed by atoms with van der Waals surface area (Å²) in [6.07, 6.45) is 2.41. The molecular weight excluding hydrogens is 449 g/mol. The van der Waals surface area contributed by atoms with Crippen molar-refractivity contribution in [3.05, 3.63) is 47.8 Å². The Kier molecular flexibility index (Phi) is 6.76. The number of rotatable bonds is 7. The second-order valence-electron chi connectivity index (χ2n) is 9.01. The van der Waals surface area contributed by atoms with Crippen LogP contribution in [0.3, 0.4) is 0 Å². The first kappa shape index (κ1) is 24.0. The summed E-state index contributed by atoms with van der Waals surface area (Å²) in [5, 5.41) is 18.3. The number of aliphatic hydroxyl groups is 1. The molecule has 34 heavy (non-hydrogen) atoms. The van der Waals surface area contributed by atoms with E-state index in [4.69, 9.17) is 0 Å². The van der Waals surface area contributed by atoms with Crippen molar-refractivity contribution in [2.75, 3.05) is 25.0 Å². The van der Waals surface area contributed by atoms with E-state index >= 15 is 0 Å². The summed E-state index contributed by atoms with van der Waals surface area (Å²) in [4.78, 5) is 20.7. The zero-order valence-corrected chi connectivity index (χ0v) is 18.9. The van der Waals surface area contributed by atoms with Gasteiger partial charge >= 0.3 is 0 Å². The molecule has 0 bridgehead atoms. The molecule has 0 saturated carbocycles. The summed E-state index contributed by atoms with van der Waals surface area (Å²) in [6.45, 7) is 4.44. The summed E-state index contributed by atoms with van der Waals surface area (Å²) in [7, 11) is 0. The summed E-state index contributed by atoms with van der Waals surface area (Å²) in [5.41, 5.74) is -0.0889. The minimum atomic E-state index is -1.18. The van der Waals surface area contributed by atoms with Crippen molar-refractivity contribution in [3.8, 4) is 11.4 Å². The Morgan fingerprint density at radius 1 is 1.32 bits per heavy atom. The van der Waals surface area contributed by atoms with Gasteiger partial charge in [-0.15, -0.1) is 0 Å². The van der Waals surface area contributed by atoms with Crippen LogP contribution in [-0.4, -0.2) is 62.8 Å². The third-order valence-corrected chi connectivity index (χ3v) is 5.69. The fraction of sp³-hybridized carbons (Fsp3) is 0.435. The Morgan fingerprint density at radius 3 is 2.85 bits per heavy atom. The maximum Gasteiger partial charge on any atom is 0.251 e. The number of carbonyl (C=O) groups is 1. The van der Waals surface area contributed by atoms with Crippen LogP contribution in [-0.2, 0) is 0 Å². The van der Waals surface area contributed by atoms with Gasteiger partial charge in [0.25, 0.3) is 5.91 Å². The van der Waals surface area contributed by atoms with Crippen molar-refractivity contribution in [2.24, 2.45) is 0 Å². The van der Waals surface area contributed by atoms with Gasteiger partial charge < -0.3 is 21.1 Å². The Hall–Kier alpha value is -3.18. The van der Waals surface area contributed by atoms with Crippen molar-refractivity contribution in [2.45, 2.75) is 44.5 Å². The number of hydrogen-bond donors (Lipinski definition) is 4. The summed E-state index contributed by atoms with van der Waals surface area (Å²) >= 11 is 0. The van der Waals surface area contributed by atoms with Crippen LogP contribution in [0.5, 0.6) is 0 Å². The van der Waals surface area contributed by atoms with E-state index in [1.54, 1.807) is 26.1 Å². The van der Waals surface area contributed by atoms with Gasteiger partial charge in [-0.3, -0.25) is 9.20 Å². The molecule has 1 amide bonds. The standard InChI is InChI=1S/C23H27F3N6O2/c1-23(2,34)5-7-28-22(33)13-4-8-32-18(12-29-19(32)9-13)20-15(25)10-16(26)21(31-20)30-17-11-27-6-3-14(17)24/h4,8-10,12,14,17,27,34H,3,5-7,11H2,1-2H3,(H,28,33)(H,30,31). The molecule has 0 aliphatic carbocycles. The number of aromatic nitrogens is 3. The lowest BCUT2D eigenvalue weighted by Gasteiger charge is -2.28. The van der Waals surface area contributed by atoms with Crippen LogP contribution in [0.15, 0.2) is 30.6 Å². The maximum absolute atomic E-state index is 14.7. The Bertz CT molecular complexity index is 1190. The molecule has 1 aliphatic heterocycles. The lowest BCUT2D eigenvalue weighted by atomic mass is 10.1. The molecule has 2 unspecified atom stereocenters. The highest BCUT2D eigenvalue weighted by Crippen LogP contribution is 2.27. The lowest BCUT2D eigenvalue weighted by molar-refractivity contribution is 0.0693. The molecule has 11 heteroatoms. The fourth-order valence-corrected chi connectivity index (χ4v) is 3.77. The molecule has 1 saturated heterocycles. The van der Waals surface area contributed by atoms with Crippen LogP contribution in [0.1, 0.15) is 37.0 Å². The molecule has 0 aromatic carbocycles. The molecule has 2 atom stereocenters. The number of fused-ring (bicyclic) bond motifs is 1. The number of pyridine rings is 2. The molecule has 1 aliphatic rings. The average Bonchev–Trinajstić information content (AvgIpc) is 3.19. The number of nitrogens with one attached hydrogen (secondary N) is 3. The predicted molar refractivity (Wildman–Crippen MR) is 121 cm³/mol. The summed E-state index contributed by atoms with van der Waals surface area (Å²) in [6, 6.07) is 3.09. The van der Waals surface area contributed by atoms with Crippen molar-refractivity contribution >= 4 is 17.4 Å². The van der Waals surface area contributed by atoms with E-state index in [0.717, 1.165) is 0 Å². The second-order valence-corrected chi connectivity index (χ2v) is 9.01. The SMILES string of the molecule is CC(C)(O)CCNC(=O)c1ccn2c(-c3nc(NC4CNCCC4F)c(F)cc3F)cnc2c1. The minimum Gasteiger partial charge on any atom is -0.390 e. The van der Waals surface area contributed by atoms with Crippen LogP contribution in [0.25, 0.3) is 17.0 Å². The highest BCUT2D eigenvalue weighted by atomic mass is 19.1. The molecule has 1 fully saturated rings.